The first-order valence-electron chi connectivity index (χ1n) is 7.33. The lowest BCUT2D eigenvalue weighted by Gasteiger charge is -2.34. The first kappa shape index (κ1) is 16.0. The number of carboxylic acids is 1. The first-order chi connectivity index (χ1) is 8.84. The van der Waals surface area contributed by atoms with Gasteiger partial charge in [0.2, 0.25) is 5.91 Å². The van der Waals surface area contributed by atoms with Gasteiger partial charge >= 0.3 is 5.97 Å². The van der Waals surface area contributed by atoms with Crippen LogP contribution in [0.3, 0.4) is 0 Å². The number of piperidine rings is 1. The van der Waals surface area contributed by atoms with E-state index >= 15 is 0 Å². The molecular formula is C15H27NO3. The molecule has 19 heavy (non-hydrogen) atoms. The third-order valence-electron chi connectivity index (χ3n) is 3.92. The number of hydrogen-bond acceptors (Lipinski definition) is 2. The summed E-state index contributed by atoms with van der Waals surface area (Å²) < 4.78 is 0. The van der Waals surface area contributed by atoms with Gasteiger partial charge in [-0.25, -0.2) is 0 Å². The maximum absolute atomic E-state index is 12.2. The summed E-state index contributed by atoms with van der Waals surface area (Å²) in [6, 6.07) is 0. The molecule has 4 nitrogen and oxygen atoms in total. The largest absolute Gasteiger partial charge is 0.481 e. The topological polar surface area (TPSA) is 57.6 Å². The van der Waals surface area contributed by atoms with Crippen molar-refractivity contribution in [1.29, 1.82) is 0 Å². The molecular weight excluding hydrogens is 242 g/mol. The standard InChI is InChI=1S/C15H27NO3/c1-4-5-12-6-8-16(9-7-12)13(17)10-15(2,3)11-14(18)19/h12H,4-11H2,1-3H3,(H,18,19). The number of carboxylic acid groups (broad SMARTS) is 1. The van der Waals surface area contributed by atoms with Crippen LogP contribution in [0.25, 0.3) is 0 Å². The van der Waals surface area contributed by atoms with Gasteiger partial charge in [-0.2, -0.15) is 0 Å². The monoisotopic (exact) mass is 269 g/mol. The highest BCUT2D eigenvalue weighted by atomic mass is 16.4. The van der Waals surface area contributed by atoms with E-state index in [4.69, 9.17) is 5.11 Å². The predicted octanol–water partition coefficient (Wildman–Crippen LogP) is 2.92. The Bertz CT molecular complexity index is 317. The molecule has 0 aliphatic carbocycles. The summed E-state index contributed by atoms with van der Waals surface area (Å²) in [6.07, 6.45) is 5.04. The fraction of sp³-hybridized carbons (Fsp3) is 0.867. The van der Waals surface area contributed by atoms with Crippen LogP contribution >= 0.6 is 0 Å². The van der Waals surface area contributed by atoms with Crippen LogP contribution in [-0.2, 0) is 9.59 Å². The highest BCUT2D eigenvalue weighted by molar-refractivity contribution is 5.78. The van der Waals surface area contributed by atoms with Gasteiger partial charge in [-0.1, -0.05) is 33.6 Å². The Morgan fingerprint density at radius 3 is 2.26 bits per heavy atom. The minimum atomic E-state index is -0.834. The number of amides is 1. The molecule has 0 aromatic carbocycles. The molecule has 0 aromatic heterocycles. The number of rotatable bonds is 6. The molecule has 1 saturated heterocycles. The minimum Gasteiger partial charge on any atom is -0.481 e. The van der Waals surface area contributed by atoms with E-state index in [2.05, 4.69) is 6.92 Å². The fourth-order valence-electron chi connectivity index (χ4n) is 2.87. The van der Waals surface area contributed by atoms with E-state index in [0.717, 1.165) is 31.8 Å². The third kappa shape index (κ3) is 5.62. The summed E-state index contributed by atoms with van der Waals surface area (Å²) >= 11 is 0. The maximum atomic E-state index is 12.2. The molecule has 1 fully saturated rings. The molecule has 0 aromatic rings. The Morgan fingerprint density at radius 1 is 1.21 bits per heavy atom. The Morgan fingerprint density at radius 2 is 1.79 bits per heavy atom. The summed E-state index contributed by atoms with van der Waals surface area (Å²) in [4.78, 5) is 24.9. The van der Waals surface area contributed by atoms with Gasteiger partial charge in [0.1, 0.15) is 0 Å². The van der Waals surface area contributed by atoms with Gasteiger partial charge in [0.25, 0.3) is 0 Å². The third-order valence-corrected chi connectivity index (χ3v) is 3.92. The van der Waals surface area contributed by atoms with Gasteiger partial charge in [-0.3, -0.25) is 9.59 Å². The van der Waals surface area contributed by atoms with Gasteiger partial charge in [0, 0.05) is 19.5 Å². The van der Waals surface area contributed by atoms with Crippen LogP contribution in [0, 0.1) is 11.3 Å². The van der Waals surface area contributed by atoms with E-state index in [1.165, 1.54) is 12.8 Å². The number of nitrogens with zero attached hydrogens (tertiary/aromatic N) is 1. The molecule has 1 aliphatic heterocycles. The van der Waals surface area contributed by atoms with Crippen molar-refractivity contribution in [3.8, 4) is 0 Å². The van der Waals surface area contributed by atoms with Crippen LogP contribution in [0.2, 0.25) is 0 Å². The smallest absolute Gasteiger partial charge is 0.303 e. The number of likely N-dealkylation sites (tertiary alicyclic amines) is 1. The lowest BCUT2D eigenvalue weighted by Crippen LogP contribution is -2.40. The second-order valence-electron chi connectivity index (χ2n) is 6.52. The van der Waals surface area contributed by atoms with Gasteiger partial charge in [-0.05, 0) is 24.2 Å². The molecule has 110 valence electrons. The number of aliphatic carboxylic acids is 1. The van der Waals surface area contributed by atoms with E-state index in [0.29, 0.717) is 6.42 Å². The van der Waals surface area contributed by atoms with Crippen LogP contribution in [0.5, 0.6) is 0 Å². The number of carbonyl (C=O) groups excluding carboxylic acids is 1. The van der Waals surface area contributed by atoms with Crippen molar-refractivity contribution in [2.75, 3.05) is 13.1 Å². The second-order valence-corrected chi connectivity index (χ2v) is 6.52. The van der Waals surface area contributed by atoms with Crippen LogP contribution < -0.4 is 0 Å². The molecule has 0 unspecified atom stereocenters. The van der Waals surface area contributed by atoms with Crippen LogP contribution in [-0.4, -0.2) is 35.0 Å². The molecule has 1 amide bonds. The maximum Gasteiger partial charge on any atom is 0.303 e. The highest BCUT2D eigenvalue weighted by Crippen LogP contribution is 2.28. The van der Waals surface area contributed by atoms with E-state index in [9.17, 15) is 9.59 Å². The van der Waals surface area contributed by atoms with Crippen molar-refractivity contribution in [2.24, 2.45) is 11.3 Å². The molecule has 4 heteroatoms. The zero-order valence-corrected chi connectivity index (χ0v) is 12.4. The Hall–Kier alpha value is -1.06. The molecule has 0 spiro atoms. The second kappa shape index (κ2) is 6.92. The van der Waals surface area contributed by atoms with E-state index in [1.54, 1.807) is 0 Å². The zero-order chi connectivity index (χ0) is 14.5. The molecule has 1 N–H and O–H groups in total. The normalized spacial score (nSPS) is 17.5. The Balaban J connectivity index is 2.41. The average molecular weight is 269 g/mol. The van der Waals surface area contributed by atoms with Crippen molar-refractivity contribution in [3.63, 3.8) is 0 Å². The highest BCUT2D eigenvalue weighted by Gasteiger charge is 2.29. The summed E-state index contributed by atoms with van der Waals surface area (Å²) in [5, 5.41) is 8.84. The number of carbonyl (C=O) groups is 2. The van der Waals surface area contributed by atoms with Gasteiger partial charge < -0.3 is 10.0 Å². The van der Waals surface area contributed by atoms with Gasteiger partial charge in [0.05, 0.1) is 6.42 Å². The summed E-state index contributed by atoms with van der Waals surface area (Å²) in [7, 11) is 0. The van der Waals surface area contributed by atoms with Crippen molar-refractivity contribution in [1.82, 2.24) is 4.90 Å². The van der Waals surface area contributed by atoms with Crippen molar-refractivity contribution < 1.29 is 14.7 Å². The van der Waals surface area contributed by atoms with E-state index in [1.807, 2.05) is 18.7 Å². The van der Waals surface area contributed by atoms with Crippen molar-refractivity contribution in [2.45, 2.75) is 59.3 Å². The lowest BCUT2D eigenvalue weighted by atomic mass is 9.84. The average Bonchev–Trinajstić information content (AvgIpc) is 2.27. The molecule has 0 bridgehead atoms. The molecule has 1 aliphatic rings. The summed E-state index contributed by atoms with van der Waals surface area (Å²) in [5.74, 6) is 0.0433. The van der Waals surface area contributed by atoms with Crippen LogP contribution in [0.1, 0.15) is 59.3 Å². The Kier molecular flexibility index (Phi) is 5.83. The zero-order valence-electron chi connectivity index (χ0n) is 12.4. The first-order valence-corrected chi connectivity index (χ1v) is 7.33. The summed E-state index contributed by atoms with van der Waals surface area (Å²) in [6.45, 7) is 7.58. The quantitative estimate of drug-likeness (QED) is 0.806. The van der Waals surface area contributed by atoms with Crippen molar-refractivity contribution in [3.05, 3.63) is 0 Å². The van der Waals surface area contributed by atoms with E-state index < -0.39 is 11.4 Å². The molecule has 0 atom stereocenters. The van der Waals surface area contributed by atoms with Crippen LogP contribution in [0.15, 0.2) is 0 Å². The SMILES string of the molecule is CCCC1CCN(C(=O)CC(C)(C)CC(=O)O)CC1. The van der Waals surface area contributed by atoms with Gasteiger partial charge in [0.15, 0.2) is 0 Å². The molecule has 1 rings (SSSR count). The lowest BCUT2D eigenvalue weighted by molar-refractivity contribution is -0.141. The Labute approximate surface area is 116 Å². The van der Waals surface area contributed by atoms with Gasteiger partial charge in [-0.15, -0.1) is 0 Å². The summed E-state index contributed by atoms with van der Waals surface area (Å²) in [5.41, 5.74) is -0.455. The van der Waals surface area contributed by atoms with Crippen LogP contribution in [0.4, 0.5) is 0 Å². The van der Waals surface area contributed by atoms with E-state index in [-0.39, 0.29) is 12.3 Å². The van der Waals surface area contributed by atoms with Crippen molar-refractivity contribution >= 4 is 11.9 Å². The molecule has 0 radical (unpaired) electrons. The fourth-order valence-corrected chi connectivity index (χ4v) is 2.87. The minimum absolute atomic E-state index is 0.0467. The molecule has 0 saturated carbocycles. The number of hydrogen-bond donors (Lipinski definition) is 1. The predicted molar refractivity (Wildman–Crippen MR) is 74.9 cm³/mol. The molecule has 1 heterocycles.